The molecule has 0 saturated carbocycles. The predicted octanol–water partition coefficient (Wildman–Crippen LogP) is 2.72. The summed E-state index contributed by atoms with van der Waals surface area (Å²) in [7, 11) is 2.47. The minimum absolute atomic E-state index is 0.0137. The first-order valence-electron chi connectivity index (χ1n) is 11.9. The highest BCUT2D eigenvalue weighted by atomic mass is 16.5. The van der Waals surface area contributed by atoms with E-state index in [0.717, 1.165) is 0 Å². The van der Waals surface area contributed by atoms with Crippen LogP contribution in [0.25, 0.3) is 17.6 Å². The van der Waals surface area contributed by atoms with E-state index < -0.39 is 23.4 Å². The van der Waals surface area contributed by atoms with Crippen molar-refractivity contribution in [3.8, 4) is 17.3 Å². The second kappa shape index (κ2) is 13.4. The first-order valence-corrected chi connectivity index (χ1v) is 11.9. The molecule has 2 aliphatic heterocycles. The molecule has 0 aromatic heterocycles. The molecule has 0 bridgehead atoms. The summed E-state index contributed by atoms with van der Waals surface area (Å²) in [6.07, 6.45) is 7.08. The number of aromatic hydroxyl groups is 1. The smallest absolute Gasteiger partial charge is 0.328 e. The monoisotopic (exact) mass is 517 g/mol. The Hall–Kier alpha value is -3.96. The Kier molecular flexibility index (Phi) is 10.6. The number of fused-ring (bicyclic) bond motifs is 1. The Morgan fingerprint density at radius 2 is 1.86 bits per heavy atom. The second-order valence-electron chi connectivity index (χ2n) is 9.45. The van der Waals surface area contributed by atoms with Crippen molar-refractivity contribution in [1.82, 2.24) is 19.9 Å². The van der Waals surface area contributed by atoms with E-state index in [1.807, 2.05) is 6.08 Å². The maximum Gasteiger partial charge on any atom is 0.328 e. The van der Waals surface area contributed by atoms with Crippen molar-refractivity contribution >= 4 is 35.8 Å². The fourth-order valence-corrected chi connectivity index (χ4v) is 3.22. The number of esters is 2. The number of ether oxygens (including phenoxy) is 2. The summed E-state index contributed by atoms with van der Waals surface area (Å²) in [6, 6.07) is 0.656. The SMILES string of the molecule is COC(=O)CC[C@H](NC(=O)CCCCC=Cn1cnc2nc(NC(=O)C(C)(C)C)cc-2c1O)C(=O)OC. The van der Waals surface area contributed by atoms with E-state index in [1.54, 1.807) is 33.0 Å². The molecule has 12 nitrogen and oxygen atoms in total. The van der Waals surface area contributed by atoms with Crippen LogP contribution in [-0.2, 0) is 28.7 Å². The molecule has 0 spiro atoms. The van der Waals surface area contributed by atoms with Gasteiger partial charge in [0.2, 0.25) is 17.7 Å². The van der Waals surface area contributed by atoms with Crippen molar-refractivity contribution in [2.75, 3.05) is 19.5 Å². The second-order valence-corrected chi connectivity index (χ2v) is 9.45. The van der Waals surface area contributed by atoms with Gasteiger partial charge >= 0.3 is 11.9 Å². The topological polar surface area (TPSA) is 162 Å². The number of methoxy groups -OCH3 is 2. The lowest BCUT2D eigenvalue weighted by atomic mass is 9.96. The fourth-order valence-electron chi connectivity index (χ4n) is 3.22. The molecule has 3 N–H and O–H groups in total. The van der Waals surface area contributed by atoms with Gasteiger partial charge in [0.25, 0.3) is 0 Å². The molecule has 0 unspecified atom stereocenters. The van der Waals surface area contributed by atoms with Crippen LogP contribution < -0.4 is 10.6 Å². The summed E-state index contributed by atoms with van der Waals surface area (Å²) in [5.41, 5.74) is -0.183. The van der Waals surface area contributed by atoms with E-state index in [0.29, 0.717) is 36.5 Å². The zero-order valence-electron chi connectivity index (χ0n) is 21.9. The Balaban J connectivity index is 1.84. The van der Waals surface area contributed by atoms with Crippen molar-refractivity contribution in [3.05, 3.63) is 18.5 Å². The van der Waals surface area contributed by atoms with Crippen LogP contribution in [0, 0.1) is 5.41 Å². The third kappa shape index (κ3) is 8.89. The molecular formula is C25H35N5O7. The van der Waals surface area contributed by atoms with Crippen molar-refractivity contribution in [3.63, 3.8) is 0 Å². The van der Waals surface area contributed by atoms with E-state index in [2.05, 4.69) is 30.1 Å². The van der Waals surface area contributed by atoms with E-state index >= 15 is 0 Å². The molecule has 0 radical (unpaired) electrons. The van der Waals surface area contributed by atoms with Gasteiger partial charge in [-0.25, -0.2) is 14.8 Å². The van der Waals surface area contributed by atoms with Gasteiger partial charge < -0.3 is 25.2 Å². The number of allylic oxidation sites excluding steroid dienone is 1. The first kappa shape index (κ1) is 29.3. The minimum Gasteiger partial charge on any atom is -0.494 e. The molecule has 37 heavy (non-hydrogen) atoms. The number of amides is 2. The Morgan fingerprint density at radius 1 is 1.14 bits per heavy atom. The molecule has 0 aromatic carbocycles. The summed E-state index contributed by atoms with van der Waals surface area (Å²) in [5.74, 6) is -1.04. The van der Waals surface area contributed by atoms with Gasteiger partial charge in [-0.1, -0.05) is 26.8 Å². The highest BCUT2D eigenvalue weighted by Crippen LogP contribution is 2.32. The van der Waals surface area contributed by atoms with Gasteiger partial charge in [0.1, 0.15) is 18.2 Å². The summed E-state index contributed by atoms with van der Waals surface area (Å²) in [5, 5.41) is 15.9. The zero-order valence-corrected chi connectivity index (χ0v) is 21.9. The van der Waals surface area contributed by atoms with Crippen LogP contribution in [-0.4, -0.2) is 63.7 Å². The summed E-state index contributed by atoms with van der Waals surface area (Å²) in [6.45, 7) is 5.37. The number of unbranched alkanes of at least 4 members (excludes halogenated alkanes) is 2. The molecule has 1 atom stereocenters. The molecule has 0 saturated heterocycles. The molecule has 202 valence electrons. The van der Waals surface area contributed by atoms with Gasteiger partial charge in [-0.3, -0.25) is 19.0 Å². The van der Waals surface area contributed by atoms with Crippen molar-refractivity contribution in [2.45, 2.75) is 65.3 Å². The van der Waals surface area contributed by atoms with Gasteiger partial charge in [-0.2, -0.15) is 0 Å². The normalized spacial score (nSPS) is 12.4. The maximum absolute atomic E-state index is 12.2. The third-order valence-corrected chi connectivity index (χ3v) is 5.44. The van der Waals surface area contributed by atoms with E-state index in [1.165, 1.54) is 25.1 Å². The third-order valence-electron chi connectivity index (χ3n) is 5.44. The number of hydrogen-bond acceptors (Lipinski definition) is 9. The highest BCUT2D eigenvalue weighted by Gasteiger charge is 2.24. The molecule has 12 heteroatoms. The fraction of sp³-hybridized carbons (Fsp3) is 0.520. The van der Waals surface area contributed by atoms with Crippen LogP contribution in [0.1, 0.15) is 59.3 Å². The van der Waals surface area contributed by atoms with Gasteiger partial charge in [0.05, 0.1) is 19.8 Å². The number of carbonyl (C=O) groups is 4. The van der Waals surface area contributed by atoms with E-state index in [-0.39, 0.29) is 37.0 Å². The molecule has 2 rings (SSSR count). The number of anilines is 1. The number of nitrogens with zero attached hydrogens (tertiary/aromatic N) is 3. The van der Waals surface area contributed by atoms with Crippen LogP contribution >= 0.6 is 0 Å². The van der Waals surface area contributed by atoms with E-state index in [9.17, 15) is 24.3 Å². The Morgan fingerprint density at radius 3 is 2.51 bits per heavy atom. The van der Waals surface area contributed by atoms with Gasteiger partial charge in [-0.15, -0.1) is 0 Å². The predicted molar refractivity (Wildman–Crippen MR) is 135 cm³/mol. The number of aromatic nitrogens is 3. The van der Waals surface area contributed by atoms with Crippen molar-refractivity contribution in [1.29, 1.82) is 0 Å². The standard InChI is InChI=1S/C25H35N5O7/c1-25(2,3)24(35)29-18-14-16-21(28-18)26-15-30(22(16)33)13-9-7-6-8-10-19(31)27-17(23(34)37-5)11-12-20(32)36-4/h9,13-15,17,33H,6-8,10-12H2,1-5H3,(H,27,31)(H,29,35)/t17-/m0/s1. The van der Waals surface area contributed by atoms with Gasteiger partial charge in [0.15, 0.2) is 5.82 Å². The zero-order chi connectivity index (χ0) is 27.6. The Bertz CT molecular complexity index is 1100. The van der Waals surface area contributed by atoms with E-state index in [4.69, 9.17) is 0 Å². The molecule has 2 amide bonds. The molecular weight excluding hydrogens is 482 g/mol. The number of carbonyl (C=O) groups excluding carboxylic acids is 4. The average molecular weight is 518 g/mol. The van der Waals surface area contributed by atoms with Crippen LogP contribution in [0.4, 0.5) is 5.82 Å². The summed E-state index contributed by atoms with van der Waals surface area (Å²) >= 11 is 0. The quantitative estimate of drug-likeness (QED) is 0.284. The summed E-state index contributed by atoms with van der Waals surface area (Å²) < 4.78 is 10.7. The van der Waals surface area contributed by atoms with Crippen LogP contribution in [0.3, 0.4) is 0 Å². The average Bonchev–Trinajstić information content (AvgIpc) is 3.27. The molecule has 2 heterocycles. The number of rotatable bonds is 12. The van der Waals surface area contributed by atoms with Gasteiger partial charge in [-0.05, 0) is 31.7 Å². The lowest BCUT2D eigenvalue weighted by Crippen LogP contribution is -2.41. The van der Waals surface area contributed by atoms with Crippen LogP contribution in [0.2, 0.25) is 0 Å². The summed E-state index contributed by atoms with van der Waals surface area (Å²) in [4.78, 5) is 56.0. The number of nitrogens with one attached hydrogen (secondary N) is 2. The Labute approximate surface area is 215 Å². The molecule has 2 aliphatic rings. The lowest BCUT2D eigenvalue weighted by Gasteiger charge is -2.16. The maximum atomic E-state index is 12.2. The van der Waals surface area contributed by atoms with Crippen LogP contribution in [0.5, 0.6) is 5.88 Å². The highest BCUT2D eigenvalue weighted by molar-refractivity contribution is 5.94. The van der Waals surface area contributed by atoms with Crippen LogP contribution in [0.15, 0.2) is 18.5 Å². The van der Waals surface area contributed by atoms with Gasteiger partial charge in [0, 0.05) is 24.5 Å². The largest absolute Gasteiger partial charge is 0.494 e. The lowest BCUT2D eigenvalue weighted by molar-refractivity contribution is -0.146. The van der Waals surface area contributed by atoms with Crippen molar-refractivity contribution < 1.29 is 33.8 Å². The minimum atomic E-state index is -0.911. The first-order chi connectivity index (χ1) is 17.5. The molecule has 0 fully saturated rings. The molecule has 0 aromatic rings. The molecule has 0 aliphatic carbocycles. The van der Waals surface area contributed by atoms with Crippen molar-refractivity contribution in [2.24, 2.45) is 5.41 Å². The number of hydrogen-bond donors (Lipinski definition) is 3.